The molecule has 1 amide bonds. The second-order valence-electron chi connectivity index (χ2n) is 8.23. The molecule has 0 atom stereocenters. The van der Waals surface area contributed by atoms with Gasteiger partial charge in [0.2, 0.25) is 5.91 Å². The molecular weight excluding hydrogens is 468 g/mol. The average molecular weight is 501 g/mol. The highest BCUT2D eigenvalue weighted by molar-refractivity contribution is 7.99. The van der Waals surface area contributed by atoms with E-state index in [1.807, 2.05) is 44.2 Å². The van der Waals surface area contributed by atoms with Gasteiger partial charge in [-0.3, -0.25) is 4.79 Å². The Labute approximate surface area is 209 Å². The molecule has 1 aromatic carbocycles. The minimum absolute atomic E-state index is 0.0756. The Hall–Kier alpha value is -2.43. The maximum atomic E-state index is 12.5. The molecule has 0 aliphatic carbocycles. The number of hydrogen-bond donors (Lipinski definition) is 1. The van der Waals surface area contributed by atoms with Gasteiger partial charge in [-0.05, 0) is 49.9 Å². The minimum Gasteiger partial charge on any atom is -0.385 e. The number of benzene rings is 1. The monoisotopic (exact) mass is 500 g/mol. The average Bonchev–Trinajstić information content (AvgIpc) is 3.18. The number of carbonyl (C=O) groups excluding carboxylic acids is 1. The third kappa shape index (κ3) is 7.82. The summed E-state index contributed by atoms with van der Waals surface area (Å²) in [5, 5.41) is 13.1. The minimum atomic E-state index is -0.0756. The summed E-state index contributed by atoms with van der Waals surface area (Å²) in [5.74, 6) is 2.06. The highest BCUT2D eigenvalue weighted by Crippen LogP contribution is 2.24. The molecule has 0 bridgehead atoms. The second kappa shape index (κ2) is 12.9. The molecule has 182 valence electrons. The summed E-state index contributed by atoms with van der Waals surface area (Å²) in [6.07, 6.45) is 0.828. The van der Waals surface area contributed by atoms with E-state index in [1.54, 1.807) is 7.11 Å². The van der Waals surface area contributed by atoms with Gasteiger partial charge in [0.15, 0.2) is 10.3 Å². The zero-order valence-corrected chi connectivity index (χ0v) is 22.0. The number of methoxy groups -OCH3 is 1. The number of nitrogens with zero attached hydrogens (tertiary/aromatic N) is 5. The molecule has 2 aromatic heterocycles. The van der Waals surface area contributed by atoms with Crippen molar-refractivity contribution in [3.05, 3.63) is 53.1 Å². The van der Waals surface area contributed by atoms with Crippen LogP contribution in [0.1, 0.15) is 49.0 Å². The number of ether oxygens (including phenoxy) is 1. The molecule has 34 heavy (non-hydrogen) atoms. The molecule has 0 saturated heterocycles. The van der Waals surface area contributed by atoms with Gasteiger partial charge < -0.3 is 14.6 Å². The van der Waals surface area contributed by atoms with Crippen LogP contribution >= 0.6 is 23.5 Å². The molecule has 0 radical (unpaired) electrons. The topological polar surface area (TPSA) is 94.8 Å². The zero-order chi connectivity index (χ0) is 24.5. The summed E-state index contributed by atoms with van der Waals surface area (Å²) >= 11 is 2.92. The van der Waals surface area contributed by atoms with Gasteiger partial charge >= 0.3 is 0 Å². The van der Waals surface area contributed by atoms with Crippen LogP contribution in [-0.2, 0) is 21.8 Å². The van der Waals surface area contributed by atoms with Crippen LogP contribution in [0.2, 0.25) is 0 Å². The molecule has 0 aliphatic heterocycles. The van der Waals surface area contributed by atoms with E-state index >= 15 is 0 Å². The first kappa shape index (κ1) is 26.2. The lowest BCUT2D eigenvalue weighted by molar-refractivity contribution is -0.113. The predicted molar refractivity (Wildman–Crippen MR) is 137 cm³/mol. The van der Waals surface area contributed by atoms with Crippen LogP contribution in [0.5, 0.6) is 0 Å². The quantitative estimate of drug-likeness (QED) is 0.214. The molecule has 3 aromatic rings. The van der Waals surface area contributed by atoms with E-state index in [0.717, 1.165) is 39.6 Å². The Morgan fingerprint density at radius 3 is 2.44 bits per heavy atom. The molecule has 3 rings (SSSR count). The lowest BCUT2D eigenvalue weighted by Gasteiger charge is -2.10. The van der Waals surface area contributed by atoms with Gasteiger partial charge in [-0.15, -0.1) is 10.2 Å². The number of rotatable bonds is 12. The largest absolute Gasteiger partial charge is 0.385 e. The summed E-state index contributed by atoms with van der Waals surface area (Å²) < 4.78 is 7.27. The van der Waals surface area contributed by atoms with Crippen LogP contribution in [-0.4, -0.2) is 50.1 Å². The van der Waals surface area contributed by atoms with E-state index < -0.39 is 0 Å². The van der Waals surface area contributed by atoms with Crippen LogP contribution in [0.15, 0.2) is 40.6 Å². The third-order valence-corrected chi connectivity index (χ3v) is 6.82. The normalized spacial score (nSPS) is 11.2. The Kier molecular flexibility index (Phi) is 9.91. The van der Waals surface area contributed by atoms with Gasteiger partial charge in [0.05, 0.1) is 11.5 Å². The SMILES string of the molecule is COCCCn1c(CSc2nc(C)cc(C)n2)nnc1SCC(=O)Nc1ccc(C(C)C)cc1. The van der Waals surface area contributed by atoms with Crippen molar-refractivity contribution >= 4 is 35.1 Å². The fourth-order valence-electron chi connectivity index (χ4n) is 3.29. The second-order valence-corrected chi connectivity index (χ2v) is 10.1. The number of aromatic nitrogens is 5. The van der Waals surface area contributed by atoms with E-state index in [1.165, 1.54) is 29.1 Å². The molecule has 10 heteroatoms. The van der Waals surface area contributed by atoms with Crippen molar-refractivity contribution < 1.29 is 9.53 Å². The van der Waals surface area contributed by atoms with Crippen molar-refractivity contribution in [2.24, 2.45) is 0 Å². The number of thioether (sulfide) groups is 2. The third-order valence-electron chi connectivity index (χ3n) is 5.01. The van der Waals surface area contributed by atoms with Gasteiger partial charge in [-0.1, -0.05) is 49.5 Å². The first-order chi connectivity index (χ1) is 16.4. The predicted octanol–water partition coefficient (Wildman–Crippen LogP) is 4.87. The fourth-order valence-corrected chi connectivity index (χ4v) is 4.96. The van der Waals surface area contributed by atoms with Crippen LogP contribution in [0.25, 0.3) is 0 Å². The highest BCUT2D eigenvalue weighted by atomic mass is 32.2. The highest BCUT2D eigenvalue weighted by Gasteiger charge is 2.15. The zero-order valence-electron chi connectivity index (χ0n) is 20.4. The van der Waals surface area contributed by atoms with E-state index in [9.17, 15) is 4.79 Å². The van der Waals surface area contributed by atoms with Crippen molar-refractivity contribution in [1.29, 1.82) is 0 Å². The summed E-state index contributed by atoms with van der Waals surface area (Å²) in [6, 6.07) is 9.92. The van der Waals surface area contributed by atoms with Crippen molar-refractivity contribution in [3.8, 4) is 0 Å². The molecule has 0 fully saturated rings. The fraction of sp³-hybridized carbons (Fsp3) is 0.458. The Bertz CT molecular complexity index is 1070. The summed E-state index contributed by atoms with van der Waals surface area (Å²) in [4.78, 5) is 21.5. The van der Waals surface area contributed by atoms with Crippen LogP contribution in [0.4, 0.5) is 5.69 Å². The van der Waals surface area contributed by atoms with Crippen molar-refractivity contribution in [1.82, 2.24) is 24.7 Å². The van der Waals surface area contributed by atoms with Crippen molar-refractivity contribution in [2.45, 2.75) is 62.6 Å². The van der Waals surface area contributed by atoms with Crippen molar-refractivity contribution in [2.75, 3.05) is 24.8 Å². The van der Waals surface area contributed by atoms with Crippen LogP contribution in [0.3, 0.4) is 0 Å². The molecule has 0 saturated carbocycles. The summed E-state index contributed by atoms with van der Waals surface area (Å²) in [6.45, 7) is 9.57. The lowest BCUT2D eigenvalue weighted by Crippen LogP contribution is -2.15. The Morgan fingerprint density at radius 2 is 1.79 bits per heavy atom. The number of anilines is 1. The molecule has 8 nitrogen and oxygen atoms in total. The van der Waals surface area contributed by atoms with E-state index in [-0.39, 0.29) is 11.7 Å². The lowest BCUT2D eigenvalue weighted by atomic mass is 10.0. The standard InChI is InChI=1S/C24H32N6O2S2/c1-16(2)19-7-9-20(10-8-19)27-22(31)15-34-24-29-28-21(30(24)11-6-12-32-5)14-33-23-25-17(3)13-18(4)26-23/h7-10,13,16H,6,11-12,14-15H2,1-5H3,(H,27,31). The summed E-state index contributed by atoms with van der Waals surface area (Å²) in [7, 11) is 1.69. The molecule has 2 heterocycles. The van der Waals surface area contributed by atoms with Crippen LogP contribution < -0.4 is 5.32 Å². The first-order valence-corrected chi connectivity index (χ1v) is 13.2. The summed E-state index contributed by atoms with van der Waals surface area (Å²) in [5.41, 5.74) is 3.92. The van der Waals surface area contributed by atoms with E-state index in [2.05, 4.69) is 43.9 Å². The molecule has 1 N–H and O–H groups in total. The van der Waals surface area contributed by atoms with Gasteiger partial charge in [0.1, 0.15) is 5.82 Å². The van der Waals surface area contributed by atoms with E-state index in [4.69, 9.17) is 4.74 Å². The molecule has 0 aliphatic rings. The van der Waals surface area contributed by atoms with Gasteiger partial charge in [0.25, 0.3) is 0 Å². The Morgan fingerprint density at radius 1 is 1.09 bits per heavy atom. The maximum absolute atomic E-state index is 12.5. The van der Waals surface area contributed by atoms with Crippen LogP contribution in [0, 0.1) is 13.8 Å². The number of aryl methyl sites for hydroxylation is 2. The van der Waals surface area contributed by atoms with E-state index in [0.29, 0.717) is 24.8 Å². The van der Waals surface area contributed by atoms with Gasteiger partial charge in [-0.25, -0.2) is 9.97 Å². The molecular formula is C24H32N6O2S2. The smallest absolute Gasteiger partial charge is 0.234 e. The maximum Gasteiger partial charge on any atom is 0.234 e. The Balaban J connectivity index is 1.63. The number of nitrogens with one attached hydrogen (secondary N) is 1. The molecule has 0 spiro atoms. The number of carbonyl (C=O) groups is 1. The number of amides is 1. The first-order valence-electron chi connectivity index (χ1n) is 11.2. The van der Waals surface area contributed by atoms with Gasteiger partial charge in [0, 0.05) is 37.3 Å². The number of hydrogen-bond acceptors (Lipinski definition) is 8. The molecule has 0 unspecified atom stereocenters. The van der Waals surface area contributed by atoms with Crippen molar-refractivity contribution in [3.63, 3.8) is 0 Å². The van der Waals surface area contributed by atoms with Gasteiger partial charge in [-0.2, -0.15) is 0 Å².